The minimum Gasteiger partial charge on any atom is -0.313 e. The zero-order chi connectivity index (χ0) is 13.7. The van der Waals surface area contributed by atoms with Gasteiger partial charge in [-0.1, -0.05) is 37.3 Å². The molecule has 2 heteroatoms. The first-order valence-corrected chi connectivity index (χ1v) is 6.77. The maximum absolute atomic E-state index is 13.8. The lowest BCUT2D eigenvalue weighted by atomic mass is 9.98. The number of rotatable bonds is 5. The van der Waals surface area contributed by atoms with Gasteiger partial charge in [0.05, 0.1) is 0 Å². The molecule has 0 aliphatic heterocycles. The van der Waals surface area contributed by atoms with Gasteiger partial charge in [-0.25, -0.2) is 4.39 Å². The topological polar surface area (TPSA) is 12.0 Å². The van der Waals surface area contributed by atoms with Crippen LogP contribution in [0.2, 0.25) is 0 Å². The summed E-state index contributed by atoms with van der Waals surface area (Å²) < 4.78 is 13.8. The Morgan fingerprint density at radius 3 is 2.63 bits per heavy atom. The first kappa shape index (κ1) is 13.8. The first-order chi connectivity index (χ1) is 9.22. The SMILES string of the molecule is CCCNCc1cc(-c2ccccc2C)ccc1F. The second-order valence-electron chi connectivity index (χ2n) is 4.80. The normalized spacial score (nSPS) is 10.7. The van der Waals surface area contributed by atoms with E-state index in [-0.39, 0.29) is 5.82 Å². The fraction of sp³-hybridized carbons (Fsp3) is 0.294. The van der Waals surface area contributed by atoms with Gasteiger partial charge < -0.3 is 5.32 Å². The Balaban J connectivity index is 2.28. The van der Waals surface area contributed by atoms with Crippen molar-refractivity contribution in [2.75, 3.05) is 6.54 Å². The molecule has 0 atom stereocenters. The van der Waals surface area contributed by atoms with Crippen LogP contribution >= 0.6 is 0 Å². The molecule has 0 heterocycles. The third-order valence-electron chi connectivity index (χ3n) is 3.24. The van der Waals surface area contributed by atoms with Crippen LogP contribution in [-0.4, -0.2) is 6.54 Å². The monoisotopic (exact) mass is 257 g/mol. The van der Waals surface area contributed by atoms with E-state index < -0.39 is 0 Å². The molecular weight excluding hydrogens is 237 g/mol. The van der Waals surface area contributed by atoms with Crippen molar-refractivity contribution in [2.45, 2.75) is 26.8 Å². The summed E-state index contributed by atoms with van der Waals surface area (Å²) in [6, 6.07) is 13.5. The van der Waals surface area contributed by atoms with Gasteiger partial charge in [0, 0.05) is 12.1 Å². The molecule has 2 rings (SSSR count). The number of halogens is 1. The third kappa shape index (κ3) is 3.42. The van der Waals surface area contributed by atoms with Gasteiger partial charge in [0.1, 0.15) is 5.82 Å². The second kappa shape index (κ2) is 6.48. The van der Waals surface area contributed by atoms with Gasteiger partial charge in [0.25, 0.3) is 0 Å². The average Bonchev–Trinajstić information content (AvgIpc) is 2.42. The van der Waals surface area contributed by atoms with Gasteiger partial charge in [0.15, 0.2) is 0 Å². The zero-order valence-corrected chi connectivity index (χ0v) is 11.5. The van der Waals surface area contributed by atoms with Crippen molar-refractivity contribution >= 4 is 0 Å². The van der Waals surface area contributed by atoms with Crippen LogP contribution in [0.5, 0.6) is 0 Å². The van der Waals surface area contributed by atoms with E-state index in [1.165, 1.54) is 11.1 Å². The smallest absolute Gasteiger partial charge is 0.127 e. The van der Waals surface area contributed by atoms with E-state index in [0.717, 1.165) is 24.1 Å². The van der Waals surface area contributed by atoms with E-state index >= 15 is 0 Å². The highest BCUT2D eigenvalue weighted by molar-refractivity contribution is 5.67. The van der Waals surface area contributed by atoms with Crippen molar-refractivity contribution in [1.82, 2.24) is 5.32 Å². The molecule has 0 bridgehead atoms. The largest absolute Gasteiger partial charge is 0.313 e. The van der Waals surface area contributed by atoms with Crippen LogP contribution in [0.4, 0.5) is 4.39 Å². The molecule has 2 aromatic rings. The Kier molecular flexibility index (Phi) is 4.69. The van der Waals surface area contributed by atoms with Crippen molar-refractivity contribution < 1.29 is 4.39 Å². The van der Waals surface area contributed by atoms with E-state index in [9.17, 15) is 4.39 Å². The van der Waals surface area contributed by atoms with Crippen molar-refractivity contribution in [3.8, 4) is 11.1 Å². The van der Waals surface area contributed by atoms with E-state index in [0.29, 0.717) is 6.54 Å². The number of nitrogens with one attached hydrogen (secondary N) is 1. The van der Waals surface area contributed by atoms with Gasteiger partial charge in [-0.15, -0.1) is 0 Å². The van der Waals surface area contributed by atoms with Crippen LogP contribution in [0.15, 0.2) is 42.5 Å². The maximum atomic E-state index is 13.8. The minimum atomic E-state index is -0.138. The zero-order valence-electron chi connectivity index (χ0n) is 11.5. The molecular formula is C17H20FN. The summed E-state index contributed by atoms with van der Waals surface area (Å²) in [7, 11) is 0. The lowest BCUT2D eigenvalue weighted by Gasteiger charge is -2.10. The molecule has 0 saturated carbocycles. The van der Waals surface area contributed by atoms with Gasteiger partial charge >= 0.3 is 0 Å². The van der Waals surface area contributed by atoms with Crippen LogP contribution < -0.4 is 5.32 Å². The van der Waals surface area contributed by atoms with E-state index in [2.05, 4.69) is 31.3 Å². The van der Waals surface area contributed by atoms with E-state index in [4.69, 9.17) is 0 Å². The molecule has 2 aromatic carbocycles. The molecule has 100 valence electrons. The summed E-state index contributed by atoms with van der Waals surface area (Å²) in [6.45, 7) is 5.67. The van der Waals surface area contributed by atoms with Gasteiger partial charge in [-0.2, -0.15) is 0 Å². The van der Waals surface area contributed by atoms with Crippen LogP contribution in [0.3, 0.4) is 0 Å². The number of benzene rings is 2. The van der Waals surface area contributed by atoms with Crippen LogP contribution in [0.25, 0.3) is 11.1 Å². The third-order valence-corrected chi connectivity index (χ3v) is 3.24. The maximum Gasteiger partial charge on any atom is 0.127 e. The highest BCUT2D eigenvalue weighted by Crippen LogP contribution is 2.25. The highest BCUT2D eigenvalue weighted by Gasteiger charge is 2.06. The summed E-state index contributed by atoms with van der Waals surface area (Å²) in [5.74, 6) is -0.138. The molecule has 0 aromatic heterocycles. The van der Waals surface area contributed by atoms with Crippen molar-refractivity contribution in [3.63, 3.8) is 0 Å². The van der Waals surface area contributed by atoms with Crippen molar-refractivity contribution in [2.24, 2.45) is 0 Å². The van der Waals surface area contributed by atoms with Gasteiger partial charge in [-0.3, -0.25) is 0 Å². The minimum absolute atomic E-state index is 0.138. The lowest BCUT2D eigenvalue weighted by Crippen LogP contribution is -2.14. The van der Waals surface area contributed by atoms with Gasteiger partial charge in [0.2, 0.25) is 0 Å². The quantitative estimate of drug-likeness (QED) is 0.787. The molecule has 0 aliphatic rings. The Bertz CT molecular complexity index is 549. The number of aryl methyl sites for hydroxylation is 1. The molecule has 0 unspecified atom stereocenters. The molecule has 0 amide bonds. The lowest BCUT2D eigenvalue weighted by molar-refractivity contribution is 0.587. The fourth-order valence-electron chi connectivity index (χ4n) is 2.17. The summed E-state index contributed by atoms with van der Waals surface area (Å²) >= 11 is 0. The summed E-state index contributed by atoms with van der Waals surface area (Å²) in [5.41, 5.74) is 4.18. The van der Waals surface area contributed by atoms with E-state index in [1.54, 1.807) is 6.07 Å². The molecule has 19 heavy (non-hydrogen) atoms. The van der Waals surface area contributed by atoms with Crippen LogP contribution in [0.1, 0.15) is 24.5 Å². The first-order valence-electron chi connectivity index (χ1n) is 6.77. The predicted molar refractivity (Wildman–Crippen MR) is 78.6 cm³/mol. The van der Waals surface area contributed by atoms with Crippen molar-refractivity contribution in [1.29, 1.82) is 0 Å². The predicted octanol–water partition coefficient (Wildman–Crippen LogP) is 4.30. The van der Waals surface area contributed by atoms with E-state index in [1.807, 2.05) is 24.3 Å². The summed E-state index contributed by atoms with van der Waals surface area (Å²) in [4.78, 5) is 0. The van der Waals surface area contributed by atoms with Gasteiger partial charge in [-0.05, 0) is 48.7 Å². The standard InChI is InChI=1S/C17H20FN/c1-3-10-19-12-15-11-14(8-9-17(15)18)16-7-5-4-6-13(16)2/h4-9,11,19H,3,10,12H2,1-2H3. The molecule has 0 aliphatic carbocycles. The summed E-state index contributed by atoms with van der Waals surface area (Å²) in [6.07, 6.45) is 1.05. The Labute approximate surface area is 114 Å². The molecule has 0 fully saturated rings. The number of hydrogen-bond donors (Lipinski definition) is 1. The molecule has 1 N–H and O–H groups in total. The van der Waals surface area contributed by atoms with Crippen LogP contribution in [-0.2, 0) is 6.54 Å². The number of hydrogen-bond acceptors (Lipinski definition) is 1. The molecule has 1 nitrogen and oxygen atoms in total. The Morgan fingerprint density at radius 2 is 1.89 bits per heavy atom. The summed E-state index contributed by atoms with van der Waals surface area (Å²) in [5, 5.41) is 3.25. The Hall–Kier alpha value is -1.67. The molecule has 0 radical (unpaired) electrons. The molecule has 0 spiro atoms. The highest BCUT2D eigenvalue weighted by atomic mass is 19.1. The van der Waals surface area contributed by atoms with Crippen molar-refractivity contribution in [3.05, 3.63) is 59.4 Å². The molecule has 0 saturated heterocycles. The average molecular weight is 257 g/mol. The second-order valence-corrected chi connectivity index (χ2v) is 4.80. The van der Waals surface area contributed by atoms with Crippen LogP contribution in [0, 0.1) is 12.7 Å². The Morgan fingerprint density at radius 1 is 1.11 bits per heavy atom. The fourth-order valence-corrected chi connectivity index (χ4v) is 2.17.